The van der Waals surface area contributed by atoms with Crippen molar-refractivity contribution < 1.29 is 18.4 Å². The average molecular weight is 421 g/mol. The Morgan fingerprint density at radius 2 is 1.84 bits per heavy atom. The molecule has 2 aliphatic rings. The van der Waals surface area contributed by atoms with E-state index in [9.17, 15) is 9.59 Å². The number of nitrogens with one attached hydrogen (secondary N) is 1. The monoisotopic (exact) mass is 421 g/mol. The summed E-state index contributed by atoms with van der Waals surface area (Å²) in [5, 5.41) is 3.06. The second-order valence-corrected chi connectivity index (χ2v) is 7.74. The van der Waals surface area contributed by atoms with Crippen molar-refractivity contribution in [1.29, 1.82) is 0 Å². The van der Waals surface area contributed by atoms with Crippen LogP contribution in [0.25, 0.3) is 0 Å². The van der Waals surface area contributed by atoms with Crippen LogP contribution in [0.5, 0.6) is 0 Å². The molecule has 1 amide bonds. The van der Waals surface area contributed by atoms with Crippen molar-refractivity contribution in [3.63, 3.8) is 0 Å². The summed E-state index contributed by atoms with van der Waals surface area (Å²) in [5.74, 6) is 2.16. The van der Waals surface area contributed by atoms with Gasteiger partial charge >= 0.3 is 0 Å². The zero-order chi connectivity index (χ0) is 21.4. The van der Waals surface area contributed by atoms with Gasteiger partial charge in [0.1, 0.15) is 11.6 Å². The van der Waals surface area contributed by atoms with Gasteiger partial charge in [-0.3, -0.25) is 9.59 Å². The van der Waals surface area contributed by atoms with Crippen LogP contribution < -0.4 is 10.2 Å². The molecule has 9 nitrogen and oxygen atoms in total. The Labute approximate surface area is 179 Å². The number of aromatic nitrogens is 2. The highest BCUT2D eigenvalue weighted by molar-refractivity contribution is 6.03. The Balaban J connectivity index is 1.37. The van der Waals surface area contributed by atoms with Crippen LogP contribution in [0.2, 0.25) is 0 Å². The molecule has 1 saturated heterocycles. The minimum atomic E-state index is -0.112. The van der Waals surface area contributed by atoms with Crippen molar-refractivity contribution in [2.75, 3.05) is 43.4 Å². The number of hydrogen-bond acceptors (Lipinski definition) is 8. The highest BCUT2D eigenvalue weighted by atomic mass is 16.3. The molecule has 1 fully saturated rings. The van der Waals surface area contributed by atoms with E-state index >= 15 is 0 Å². The summed E-state index contributed by atoms with van der Waals surface area (Å²) < 4.78 is 10.8. The van der Waals surface area contributed by atoms with E-state index in [1.165, 1.54) is 6.26 Å². The molecular formula is C22H23N5O4. The molecule has 160 valence electrons. The number of rotatable bonds is 4. The normalized spacial score (nSPS) is 18.7. The Morgan fingerprint density at radius 3 is 2.52 bits per heavy atom. The lowest BCUT2D eigenvalue weighted by molar-refractivity contribution is 0.0714. The van der Waals surface area contributed by atoms with Crippen molar-refractivity contribution >= 4 is 23.5 Å². The Kier molecular flexibility index (Phi) is 4.93. The molecule has 0 radical (unpaired) electrons. The van der Waals surface area contributed by atoms with E-state index < -0.39 is 0 Å². The van der Waals surface area contributed by atoms with E-state index in [1.807, 2.05) is 17.0 Å². The van der Waals surface area contributed by atoms with Crippen molar-refractivity contribution in [2.24, 2.45) is 0 Å². The molecule has 0 unspecified atom stereocenters. The molecular weight excluding hydrogens is 398 g/mol. The third kappa shape index (κ3) is 3.56. The van der Waals surface area contributed by atoms with Gasteiger partial charge in [-0.15, -0.1) is 0 Å². The fraction of sp³-hybridized carbons (Fsp3) is 0.364. The van der Waals surface area contributed by atoms with E-state index in [1.54, 1.807) is 30.3 Å². The van der Waals surface area contributed by atoms with Crippen LogP contribution in [-0.2, 0) is 6.42 Å². The lowest BCUT2D eigenvalue weighted by atomic mass is 9.84. The number of furan rings is 2. The number of hydrogen-bond donors (Lipinski definition) is 1. The highest BCUT2D eigenvalue weighted by Crippen LogP contribution is 2.35. The maximum absolute atomic E-state index is 12.9. The van der Waals surface area contributed by atoms with Gasteiger partial charge in [-0.2, -0.15) is 4.98 Å². The Hall–Kier alpha value is -3.62. The number of amides is 1. The van der Waals surface area contributed by atoms with Gasteiger partial charge in [-0.05, 0) is 24.3 Å². The van der Waals surface area contributed by atoms with Crippen molar-refractivity contribution in [2.45, 2.75) is 18.8 Å². The standard InChI is InChI=1S/C22H23N5O4/c1-23-20-19-15(12-14(13-16(19)28)17-4-2-10-30-17)24-22(25-20)27-8-6-26(7-9-27)21(29)18-5-3-11-31-18/h2-5,10-11,14H,6-9,12-13H2,1H3,(H,23,24,25)/t14-/m0/s1. The van der Waals surface area contributed by atoms with Crippen molar-refractivity contribution in [3.8, 4) is 0 Å². The van der Waals surface area contributed by atoms with Crippen LogP contribution in [0.1, 0.15) is 44.7 Å². The maximum atomic E-state index is 12.9. The molecule has 0 aromatic carbocycles. The van der Waals surface area contributed by atoms with Crippen LogP contribution in [0.15, 0.2) is 45.6 Å². The topological polar surface area (TPSA) is 105 Å². The number of fused-ring (bicyclic) bond motifs is 1. The zero-order valence-electron chi connectivity index (χ0n) is 17.2. The van der Waals surface area contributed by atoms with Gasteiger partial charge in [-0.25, -0.2) is 4.98 Å². The summed E-state index contributed by atoms with van der Waals surface area (Å²) >= 11 is 0. The summed E-state index contributed by atoms with van der Waals surface area (Å²) in [5.41, 5.74) is 1.31. The third-order valence-electron chi connectivity index (χ3n) is 5.89. The predicted octanol–water partition coefficient (Wildman–Crippen LogP) is 2.58. The van der Waals surface area contributed by atoms with Gasteiger partial charge in [0, 0.05) is 52.0 Å². The van der Waals surface area contributed by atoms with E-state index in [-0.39, 0.29) is 17.6 Å². The molecule has 4 heterocycles. The first-order chi connectivity index (χ1) is 15.1. The number of ketones is 1. The van der Waals surface area contributed by atoms with Gasteiger partial charge in [0.05, 0.1) is 23.8 Å². The van der Waals surface area contributed by atoms with Crippen LogP contribution in [0.4, 0.5) is 11.8 Å². The molecule has 1 aliphatic heterocycles. The highest BCUT2D eigenvalue weighted by Gasteiger charge is 2.33. The smallest absolute Gasteiger partial charge is 0.289 e. The largest absolute Gasteiger partial charge is 0.469 e. The summed E-state index contributed by atoms with van der Waals surface area (Å²) in [7, 11) is 1.76. The van der Waals surface area contributed by atoms with Gasteiger partial charge in [-0.1, -0.05) is 0 Å². The first kappa shape index (κ1) is 19.3. The Bertz CT molecular complexity index is 1090. The minimum Gasteiger partial charge on any atom is -0.469 e. The van der Waals surface area contributed by atoms with Gasteiger partial charge in [0.2, 0.25) is 5.95 Å². The number of piperazine rings is 1. The molecule has 5 rings (SSSR count). The average Bonchev–Trinajstić information content (AvgIpc) is 3.52. The van der Waals surface area contributed by atoms with Crippen molar-refractivity contribution in [1.82, 2.24) is 14.9 Å². The second-order valence-electron chi connectivity index (χ2n) is 7.74. The predicted molar refractivity (Wildman–Crippen MR) is 113 cm³/mol. The lowest BCUT2D eigenvalue weighted by Gasteiger charge is -2.35. The van der Waals surface area contributed by atoms with E-state index in [2.05, 4.69) is 10.3 Å². The summed E-state index contributed by atoms with van der Waals surface area (Å²) in [6.07, 6.45) is 4.13. The first-order valence-electron chi connectivity index (χ1n) is 10.4. The van der Waals surface area contributed by atoms with Crippen molar-refractivity contribution in [3.05, 3.63) is 59.6 Å². The number of anilines is 2. The number of nitrogens with zero attached hydrogens (tertiary/aromatic N) is 4. The van der Waals surface area contributed by atoms with Crippen LogP contribution in [0, 0.1) is 0 Å². The summed E-state index contributed by atoms with van der Waals surface area (Å²) in [6, 6.07) is 7.12. The fourth-order valence-corrected chi connectivity index (χ4v) is 4.28. The molecule has 1 N–H and O–H groups in total. The number of carbonyl (C=O) groups excluding carboxylic acids is 2. The zero-order valence-corrected chi connectivity index (χ0v) is 17.2. The summed E-state index contributed by atoms with van der Waals surface area (Å²) in [6.45, 7) is 2.29. The molecule has 1 atom stereocenters. The minimum absolute atomic E-state index is 0.0208. The van der Waals surface area contributed by atoms with Crippen LogP contribution >= 0.6 is 0 Å². The lowest BCUT2D eigenvalue weighted by Crippen LogP contribution is -2.49. The molecule has 0 saturated carbocycles. The molecule has 9 heteroatoms. The first-order valence-corrected chi connectivity index (χ1v) is 10.4. The SMILES string of the molecule is CNc1nc(N2CCN(C(=O)c3ccco3)CC2)nc2c1C(=O)C[C@@H](c1ccco1)C2. The number of Topliss-reactive ketones (excluding diaryl/α,β-unsaturated/α-hetero) is 1. The van der Waals surface area contributed by atoms with Gasteiger partial charge < -0.3 is 24.0 Å². The molecule has 3 aromatic heterocycles. The van der Waals surface area contributed by atoms with E-state index in [4.69, 9.17) is 13.8 Å². The second kappa shape index (κ2) is 7.90. The molecule has 3 aromatic rings. The molecule has 31 heavy (non-hydrogen) atoms. The molecule has 0 spiro atoms. The van der Waals surface area contributed by atoms with Crippen LogP contribution in [0.3, 0.4) is 0 Å². The van der Waals surface area contributed by atoms with Crippen LogP contribution in [-0.4, -0.2) is 59.8 Å². The molecule has 1 aliphatic carbocycles. The van der Waals surface area contributed by atoms with E-state index in [0.29, 0.717) is 62.1 Å². The van der Waals surface area contributed by atoms with Gasteiger partial charge in [0.15, 0.2) is 11.5 Å². The number of carbonyl (C=O) groups is 2. The quantitative estimate of drug-likeness (QED) is 0.685. The third-order valence-corrected chi connectivity index (χ3v) is 5.89. The van der Waals surface area contributed by atoms with Gasteiger partial charge in [0.25, 0.3) is 5.91 Å². The van der Waals surface area contributed by atoms with E-state index in [0.717, 1.165) is 11.5 Å². The fourth-order valence-electron chi connectivity index (χ4n) is 4.28. The maximum Gasteiger partial charge on any atom is 0.289 e. The Morgan fingerprint density at radius 1 is 1.06 bits per heavy atom. The molecule has 0 bridgehead atoms. The summed E-state index contributed by atoms with van der Waals surface area (Å²) in [4.78, 5) is 38.6.